The molecule has 1 saturated heterocycles. The highest BCUT2D eigenvalue weighted by molar-refractivity contribution is 7.99. The Balaban J connectivity index is 1.12. The zero-order valence-corrected chi connectivity index (χ0v) is 23.0. The first kappa shape index (κ1) is 28.5. The number of nitrogens with zero attached hydrogens (tertiary/aromatic N) is 4. The summed E-state index contributed by atoms with van der Waals surface area (Å²) in [5.41, 5.74) is 0.711. The molecular weight excluding hydrogens is 579 g/mol. The van der Waals surface area contributed by atoms with Crippen LogP contribution in [0.5, 0.6) is 0 Å². The van der Waals surface area contributed by atoms with Gasteiger partial charge in [-0.15, -0.1) is 10.2 Å². The zero-order valence-electron chi connectivity index (χ0n) is 21.4. The van der Waals surface area contributed by atoms with Crippen LogP contribution in [0.25, 0.3) is 11.5 Å². The third-order valence-electron chi connectivity index (χ3n) is 6.33. The molecule has 1 aliphatic rings. The van der Waals surface area contributed by atoms with Gasteiger partial charge in [0.15, 0.2) is 0 Å². The minimum Gasteiger partial charge on any atom is -0.411 e. The Bertz CT molecular complexity index is 1610. The first-order valence-electron chi connectivity index (χ1n) is 12.4. The van der Waals surface area contributed by atoms with Crippen molar-refractivity contribution in [1.82, 2.24) is 15.1 Å². The fraction of sp³-hybridized carbons (Fsp3) is 0.222. The number of rotatable bonds is 8. The number of piperazine rings is 1. The van der Waals surface area contributed by atoms with E-state index in [1.807, 2.05) is 4.90 Å². The second-order valence-corrected chi connectivity index (χ2v) is 11.7. The van der Waals surface area contributed by atoms with E-state index in [4.69, 9.17) is 4.42 Å². The van der Waals surface area contributed by atoms with E-state index >= 15 is 0 Å². The maximum Gasteiger partial charge on any atom is 0.416 e. The number of carbonyl (C=O) groups is 1. The Kier molecular flexibility index (Phi) is 8.22. The van der Waals surface area contributed by atoms with Crippen LogP contribution in [-0.4, -0.2) is 61.4 Å². The van der Waals surface area contributed by atoms with Gasteiger partial charge >= 0.3 is 6.18 Å². The van der Waals surface area contributed by atoms with Crippen molar-refractivity contribution in [2.75, 3.05) is 41.6 Å². The summed E-state index contributed by atoms with van der Waals surface area (Å²) in [6, 6.07) is 19.6. The fourth-order valence-electron chi connectivity index (χ4n) is 4.19. The van der Waals surface area contributed by atoms with Crippen molar-refractivity contribution >= 4 is 39.1 Å². The highest BCUT2D eigenvalue weighted by atomic mass is 32.2. The van der Waals surface area contributed by atoms with Crippen molar-refractivity contribution in [3.63, 3.8) is 0 Å². The largest absolute Gasteiger partial charge is 0.416 e. The molecule has 1 amide bonds. The lowest BCUT2D eigenvalue weighted by atomic mass is 10.1. The van der Waals surface area contributed by atoms with E-state index in [9.17, 15) is 26.4 Å². The van der Waals surface area contributed by atoms with Crippen LogP contribution in [0.3, 0.4) is 0 Å². The molecule has 214 valence electrons. The first-order valence-corrected chi connectivity index (χ1v) is 14.9. The molecule has 41 heavy (non-hydrogen) atoms. The fourth-order valence-corrected chi connectivity index (χ4v) is 5.93. The number of halogens is 3. The summed E-state index contributed by atoms with van der Waals surface area (Å²) in [6.07, 6.45) is -4.41. The van der Waals surface area contributed by atoms with E-state index in [1.165, 1.54) is 18.2 Å². The first-order chi connectivity index (χ1) is 19.6. The predicted molar refractivity (Wildman–Crippen MR) is 148 cm³/mol. The number of anilines is 2. The van der Waals surface area contributed by atoms with Gasteiger partial charge in [0.1, 0.15) is 0 Å². The number of hydrogen-bond acceptors (Lipinski definition) is 8. The monoisotopic (exact) mass is 603 g/mol. The molecule has 0 aliphatic carbocycles. The molecule has 0 bridgehead atoms. The van der Waals surface area contributed by atoms with Crippen LogP contribution >= 0.6 is 11.8 Å². The van der Waals surface area contributed by atoms with Crippen LogP contribution in [0, 0.1) is 0 Å². The van der Waals surface area contributed by atoms with Gasteiger partial charge in [-0.25, -0.2) is 8.42 Å². The quantitative estimate of drug-likeness (QED) is 0.281. The standard InChI is InChI=1S/C27H24F3N5O4S2/c28-27(29,30)20-5-4-6-22(17-20)34-13-15-35(16-14-34)24(36)18-40-26-32-31-25(39-26)19-9-11-21(12-10-19)33-41(37,38)23-7-2-1-3-8-23/h1-12,17,33H,13-16,18H2. The smallest absolute Gasteiger partial charge is 0.411 e. The minimum atomic E-state index is -4.41. The zero-order chi connectivity index (χ0) is 29.0. The number of sulfonamides is 1. The van der Waals surface area contributed by atoms with Crippen molar-refractivity contribution in [2.45, 2.75) is 16.3 Å². The molecule has 1 N–H and O–H groups in total. The molecule has 0 spiro atoms. The second kappa shape index (κ2) is 11.8. The molecule has 0 saturated carbocycles. The second-order valence-electron chi connectivity index (χ2n) is 9.07. The number of thioether (sulfide) groups is 1. The Hall–Kier alpha value is -4.04. The van der Waals surface area contributed by atoms with Crippen LogP contribution in [-0.2, 0) is 21.0 Å². The maximum atomic E-state index is 13.0. The molecule has 1 aliphatic heterocycles. The number of hydrogen-bond donors (Lipinski definition) is 1. The van der Waals surface area contributed by atoms with Crippen molar-refractivity contribution < 1.29 is 30.8 Å². The van der Waals surface area contributed by atoms with E-state index in [0.717, 1.165) is 23.9 Å². The van der Waals surface area contributed by atoms with E-state index in [-0.39, 0.29) is 27.7 Å². The topological polar surface area (TPSA) is 109 Å². The molecule has 1 fully saturated rings. The third kappa shape index (κ3) is 7.00. The Morgan fingerprint density at radius 3 is 2.32 bits per heavy atom. The van der Waals surface area contributed by atoms with Crippen LogP contribution < -0.4 is 9.62 Å². The lowest BCUT2D eigenvalue weighted by Gasteiger charge is -2.36. The van der Waals surface area contributed by atoms with Gasteiger partial charge in [-0.2, -0.15) is 13.2 Å². The maximum absolute atomic E-state index is 13.0. The van der Waals surface area contributed by atoms with Crippen LogP contribution in [0.1, 0.15) is 5.56 Å². The predicted octanol–water partition coefficient (Wildman–Crippen LogP) is 5.00. The average Bonchev–Trinajstić information content (AvgIpc) is 3.45. The van der Waals surface area contributed by atoms with Gasteiger partial charge in [0, 0.05) is 43.1 Å². The van der Waals surface area contributed by atoms with Crippen LogP contribution in [0.2, 0.25) is 0 Å². The summed E-state index contributed by atoms with van der Waals surface area (Å²) >= 11 is 1.09. The minimum absolute atomic E-state index is 0.0609. The van der Waals surface area contributed by atoms with Gasteiger partial charge in [0.25, 0.3) is 15.2 Å². The van der Waals surface area contributed by atoms with Crippen molar-refractivity contribution in [3.8, 4) is 11.5 Å². The van der Waals surface area contributed by atoms with E-state index in [2.05, 4.69) is 14.9 Å². The average molecular weight is 604 g/mol. The number of nitrogens with one attached hydrogen (secondary N) is 1. The van der Waals surface area contributed by atoms with E-state index in [1.54, 1.807) is 53.4 Å². The van der Waals surface area contributed by atoms with E-state index in [0.29, 0.717) is 43.1 Å². The van der Waals surface area contributed by atoms with Crippen molar-refractivity contribution in [2.24, 2.45) is 0 Å². The van der Waals surface area contributed by atoms with Crippen LogP contribution in [0.15, 0.2) is 93.4 Å². The molecule has 9 nitrogen and oxygen atoms in total. The van der Waals surface area contributed by atoms with Gasteiger partial charge < -0.3 is 14.2 Å². The number of benzene rings is 3. The highest BCUT2D eigenvalue weighted by Crippen LogP contribution is 2.32. The molecule has 0 unspecified atom stereocenters. The Morgan fingerprint density at radius 2 is 1.63 bits per heavy atom. The summed E-state index contributed by atoms with van der Waals surface area (Å²) in [6.45, 7) is 1.59. The summed E-state index contributed by atoms with van der Waals surface area (Å²) in [4.78, 5) is 16.4. The van der Waals surface area contributed by atoms with Gasteiger partial charge in [-0.05, 0) is 54.6 Å². The Morgan fingerprint density at radius 1 is 0.927 bits per heavy atom. The SMILES string of the molecule is O=C(CSc1nnc(-c2ccc(NS(=O)(=O)c3ccccc3)cc2)o1)N1CCN(c2cccc(C(F)(F)F)c2)CC1. The van der Waals surface area contributed by atoms with Gasteiger partial charge in [0.05, 0.1) is 16.2 Å². The van der Waals surface area contributed by atoms with Gasteiger partial charge in [0.2, 0.25) is 11.8 Å². The normalized spacial score (nSPS) is 14.2. The molecule has 0 radical (unpaired) electrons. The molecule has 2 heterocycles. The molecule has 5 rings (SSSR count). The summed E-state index contributed by atoms with van der Waals surface area (Å²) in [7, 11) is -3.72. The third-order valence-corrected chi connectivity index (χ3v) is 8.53. The summed E-state index contributed by atoms with van der Waals surface area (Å²) in [5, 5.41) is 8.18. The number of aromatic nitrogens is 2. The summed E-state index contributed by atoms with van der Waals surface area (Å²) in [5.74, 6) is 0.131. The van der Waals surface area contributed by atoms with Crippen LogP contribution in [0.4, 0.5) is 24.5 Å². The Labute approximate surface area is 238 Å². The van der Waals surface area contributed by atoms with Gasteiger partial charge in [-0.1, -0.05) is 36.0 Å². The lowest BCUT2D eigenvalue weighted by Crippen LogP contribution is -2.49. The number of amides is 1. The van der Waals surface area contributed by atoms with Crippen molar-refractivity contribution in [1.29, 1.82) is 0 Å². The molecular formula is C27H24F3N5O4S2. The molecule has 4 aromatic rings. The number of alkyl halides is 3. The summed E-state index contributed by atoms with van der Waals surface area (Å²) < 4.78 is 72.3. The molecule has 3 aromatic carbocycles. The molecule has 1 aromatic heterocycles. The van der Waals surface area contributed by atoms with Crippen molar-refractivity contribution in [3.05, 3.63) is 84.4 Å². The molecule has 0 atom stereocenters. The highest BCUT2D eigenvalue weighted by Gasteiger charge is 2.31. The van der Waals surface area contributed by atoms with Gasteiger partial charge in [-0.3, -0.25) is 9.52 Å². The van der Waals surface area contributed by atoms with E-state index < -0.39 is 21.8 Å². The lowest BCUT2D eigenvalue weighted by molar-refractivity contribution is -0.137. The number of carbonyl (C=O) groups excluding carboxylic acids is 1. The molecule has 14 heteroatoms.